The van der Waals surface area contributed by atoms with Gasteiger partial charge in [0.25, 0.3) is 5.69 Å². The summed E-state index contributed by atoms with van der Waals surface area (Å²) in [7, 11) is -2.50. The fourth-order valence-electron chi connectivity index (χ4n) is 1.92. The molecule has 0 amide bonds. The molecule has 0 spiro atoms. The van der Waals surface area contributed by atoms with Gasteiger partial charge in [-0.25, -0.2) is 8.42 Å². The van der Waals surface area contributed by atoms with Crippen LogP contribution in [-0.4, -0.2) is 42.7 Å². The predicted octanol–water partition coefficient (Wildman–Crippen LogP) is 1.94. The Kier molecular flexibility index (Phi) is 5.99. The largest absolute Gasteiger partial charge is 0.399 e. The lowest BCUT2D eigenvalue weighted by Crippen LogP contribution is -2.38. The first-order valence-corrected chi connectivity index (χ1v) is 9.10. The predicted molar refractivity (Wildman–Crippen MR) is 84.9 cm³/mol. The van der Waals surface area contributed by atoms with Gasteiger partial charge < -0.3 is 5.73 Å². The van der Waals surface area contributed by atoms with Crippen molar-refractivity contribution in [3.05, 3.63) is 28.3 Å². The van der Waals surface area contributed by atoms with Gasteiger partial charge in [0.1, 0.15) is 0 Å². The monoisotopic (exact) mass is 333 g/mol. The van der Waals surface area contributed by atoms with E-state index in [2.05, 4.69) is 0 Å². The summed E-state index contributed by atoms with van der Waals surface area (Å²) in [5.41, 5.74) is 5.16. The summed E-state index contributed by atoms with van der Waals surface area (Å²) in [5.74, 6) is 0.620. The van der Waals surface area contributed by atoms with Crippen LogP contribution < -0.4 is 5.73 Å². The molecule has 1 aromatic carbocycles. The number of rotatable bonds is 7. The van der Waals surface area contributed by atoms with Crippen LogP contribution in [0.5, 0.6) is 0 Å². The zero-order chi connectivity index (χ0) is 16.2. The van der Waals surface area contributed by atoms with Crippen LogP contribution in [0.15, 0.2) is 23.1 Å². The highest BCUT2D eigenvalue weighted by Gasteiger charge is 2.32. The second-order valence-electron chi connectivity index (χ2n) is 4.52. The Labute approximate surface area is 128 Å². The van der Waals surface area contributed by atoms with E-state index in [1.165, 1.54) is 35.2 Å². The molecule has 7 nitrogen and oxygen atoms in total. The van der Waals surface area contributed by atoms with Crippen molar-refractivity contribution in [1.82, 2.24) is 4.31 Å². The minimum atomic E-state index is -3.94. The van der Waals surface area contributed by atoms with E-state index < -0.39 is 20.6 Å². The van der Waals surface area contributed by atoms with Gasteiger partial charge in [-0.1, -0.05) is 6.92 Å². The molecule has 0 aliphatic carbocycles. The minimum Gasteiger partial charge on any atom is -0.399 e. The Morgan fingerprint density at radius 3 is 2.57 bits per heavy atom. The van der Waals surface area contributed by atoms with Gasteiger partial charge >= 0.3 is 0 Å². The lowest BCUT2D eigenvalue weighted by molar-refractivity contribution is -0.387. The standard InChI is InChI=1S/C12H19N3O4S2/c1-4-10(8-20-3)14(2)21(18,19)12-6-5-9(13)7-11(12)15(16)17/h5-7,10H,4,8,13H2,1-3H3. The first-order valence-electron chi connectivity index (χ1n) is 6.26. The molecule has 0 aliphatic heterocycles. The van der Waals surface area contributed by atoms with Crippen molar-refractivity contribution in [2.75, 3.05) is 24.8 Å². The number of benzene rings is 1. The highest BCUT2D eigenvalue weighted by atomic mass is 32.2. The van der Waals surface area contributed by atoms with Crippen LogP contribution in [0.4, 0.5) is 11.4 Å². The van der Waals surface area contributed by atoms with E-state index in [-0.39, 0.29) is 16.6 Å². The second kappa shape index (κ2) is 7.10. The number of thioether (sulfide) groups is 1. The molecule has 0 heterocycles. The van der Waals surface area contributed by atoms with E-state index in [4.69, 9.17) is 5.73 Å². The maximum absolute atomic E-state index is 12.6. The molecule has 1 aromatic rings. The Balaban J connectivity index is 3.34. The van der Waals surface area contributed by atoms with Gasteiger partial charge in [-0.15, -0.1) is 0 Å². The molecule has 1 atom stereocenters. The summed E-state index contributed by atoms with van der Waals surface area (Å²) in [6.45, 7) is 1.88. The summed E-state index contributed by atoms with van der Waals surface area (Å²) in [5, 5.41) is 11.1. The summed E-state index contributed by atoms with van der Waals surface area (Å²) in [6, 6.07) is 3.38. The number of nitro groups is 1. The summed E-state index contributed by atoms with van der Waals surface area (Å²) in [4.78, 5) is 10.0. The van der Waals surface area contributed by atoms with Crippen LogP contribution in [0.25, 0.3) is 0 Å². The SMILES string of the molecule is CCC(CSC)N(C)S(=O)(=O)c1ccc(N)cc1[N+](=O)[O-]. The lowest BCUT2D eigenvalue weighted by atomic mass is 10.3. The van der Waals surface area contributed by atoms with Gasteiger partial charge in [-0.2, -0.15) is 16.1 Å². The maximum atomic E-state index is 12.6. The van der Waals surface area contributed by atoms with Crippen LogP contribution >= 0.6 is 11.8 Å². The van der Waals surface area contributed by atoms with Gasteiger partial charge in [-0.3, -0.25) is 10.1 Å². The molecular formula is C12H19N3O4S2. The van der Waals surface area contributed by atoms with Crippen molar-refractivity contribution >= 4 is 33.2 Å². The molecule has 0 bridgehead atoms. The van der Waals surface area contributed by atoms with E-state index in [1.807, 2.05) is 13.2 Å². The van der Waals surface area contributed by atoms with E-state index in [1.54, 1.807) is 0 Å². The molecule has 0 saturated carbocycles. The average Bonchev–Trinajstić information content (AvgIpc) is 2.43. The molecule has 1 rings (SSSR count). The third kappa shape index (κ3) is 3.86. The van der Waals surface area contributed by atoms with Gasteiger partial charge in [0.2, 0.25) is 10.0 Å². The fourth-order valence-corrected chi connectivity index (χ4v) is 4.42. The van der Waals surface area contributed by atoms with Crippen LogP contribution in [-0.2, 0) is 10.0 Å². The molecule has 2 N–H and O–H groups in total. The van der Waals surface area contributed by atoms with Gasteiger partial charge in [-0.05, 0) is 24.8 Å². The Bertz CT molecular complexity index is 619. The average molecular weight is 333 g/mol. The fraction of sp³-hybridized carbons (Fsp3) is 0.500. The van der Waals surface area contributed by atoms with Crippen LogP contribution in [0, 0.1) is 10.1 Å². The highest BCUT2D eigenvalue weighted by Crippen LogP contribution is 2.29. The molecule has 0 radical (unpaired) electrons. The molecular weight excluding hydrogens is 314 g/mol. The van der Waals surface area contributed by atoms with Crippen molar-refractivity contribution < 1.29 is 13.3 Å². The number of sulfonamides is 1. The van der Waals surface area contributed by atoms with Crippen molar-refractivity contribution in [2.24, 2.45) is 0 Å². The Morgan fingerprint density at radius 1 is 1.48 bits per heavy atom. The number of nitrogen functional groups attached to an aromatic ring is 1. The maximum Gasteiger partial charge on any atom is 0.291 e. The van der Waals surface area contributed by atoms with E-state index in [0.717, 1.165) is 6.07 Å². The molecule has 0 aliphatic rings. The second-order valence-corrected chi connectivity index (χ2v) is 7.40. The van der Waals surface area contributed by atoms with E-state index in [9.17, 15) is 18.5 Å². The van der Waals surface area contributed by atoms with Crippen molar-refractivity contribution in [1.29, 1.82) is 0 Å². The van der Waals surface area contributed by atoms with Crippen LogP contribution in [0.1, 0.15) is 13.3 Å². The Hall–Kier alpha value is -1.32. The highest BCUT2D eigenvalue weighted by molar-refractivity contribution is 7.98. The zero-order valence-corrected chi connectivity index (χ0v) is 13.8. The first-order chi connectivity index (χ1) is 9.75. The number of nitrogens with two attached hydrogens (primary N) is 1. The van der Waals surface area contributed by atoms with Crippen molar-refractivity contribution in [2.45, 2.75) is 24.3 Å². The molecule has 9 heteroatoms. The number of hydrogen-bond acceptors (Lipinski definition) is 6. The van der Waals surface area contributed by atoms with Gasteiger partial charge in [0.15, 0.2) is 4.90 Å². The molecule has 118 valence electrons. The molecule has 0 saturated heterocycles. The van der Waals surface area contributed by atoms with Crippen molar-refractivity contribution in [3.63, 3.8) is 0 Å². The quantitative estimate of drug-likeness (QED) is 0.464. The minimum absolute atomic E-state index is 0.152. The number of nitro benzene ring substituents is 1. The summed E-state index contributed by atoms with van der Waals surface area (Å²) >= 11 is 1.53. The Morgan fingerprint density at radius 2 is 2.10 bits per heavy atom. The molecule has 0 aromatic heterocycles. The summed E-state index contributed by atoms with van der Waals surface area (Å²) < 4.78 is 26.4. The van der Waals surface area contributed by atoms with E-state index in [0.29, 0.717) is 12.2 Å². The van der Waals surface area contributed by atoms with Crippen LogP contribution in [0.3, 0.4) is 0 Å². The first kappa shape index (κ1) is 17.7. The third-order valence-electron chi connectivity index (χ3n) is 3.18. The summed E-state index contributed by atoms with van der Waals surface area (Å²) in [6.07, 6.45) is 2.51. The molecule has 0 fully saturated rings. The van der Waals surface area contributed by atoms with Gasteiger partial charge in [0, 0.05) is 30.6 Å². The molecule has 1 unspecified atom stereocenters. The van der Waals surface area contributed by atoms with Crippen molar-refractivity contribution in [3.8, 4) is 0 Å². The van der Waals surface area contributed by atoms with E-state index >= 15 is 0 Å². The normalized spacial score (nSPS) is 13.3. The molecule has 21 heavy (non-hydrogen) atoms. The van der Waals surface area contributed by atoms with Gasteiger partial charge in [0.05, 0.1) is 4.92 Å². The zero-order valence-electron chi connectivity index (χ0n) is 12.1. The number of nitrogens with zero attached hydrogens (tertiary/aromatic N) is 2. The lowest BCUT2D eigenvalue weighted by Gasteiger charge is -2.25. The topological polar surface area (TPSA) is 107 Å². The van der Waals surface area contributed by atoms with Crippen LogP contribution in [0.2, 0.25) is 0 Å². The number of anilines is 1. The smallest absolute Gasteiger partial charge is 0.291 e. The third-order valence-corrected chi connectivity index (χ3v) is 5.86. The number of hydrogen-bond donors (Lipinski definition) is 1.